The molecule has 2 N–H and O–H groups in total. The van der Waals surface area contributed by atoms with Crippen LogP contribution in [0.4, 0.5) is 11.4 Å². The average Bonchev–Trinajstić information content (AvgIpc) is 3.28. The number of sulfonamides is 1. The number of amides is 1. The van der Waals surface area contributed by atoms with E-state index in [2.05, 4.69) is 10.0 Å². The second-order valence-corrected chi connectivity index (χ2v) is 8.85. The summed E-state index contributed by atoms with van der Waals surface area (Å²) in [5.41, 5.74) is 1.53. The van der Waals surface area contributed by atoms with Gasteiger partial charge in [0.1, 0.15) is 12.4 Å². The number of hydrogen-bond acceptors (Lipinski definition) is 5. The van der Waals surface area contributed by atoms with E-state index in [1.54, 1.807) is 18.2 Å². The van der Waals surface area contributed by atoms with E-state index in [0.717, 1.165) is 12.8 Å². The summed E-state index contributed by atoms with van der Waals surface area (Å²) in [6.45, 7) is 1.05. The molecular weight excluding hydrogens is 404 g/mol. The van der Waals surface area contributed by atoms with E-state index in [-0.39, 0.29) is 29.0 Å². The van der Waals surface area contributed by atoms with E-state index < -0.39 is 10.0 Å². The summed E-state index contributed by atoms with van der Waals surface area (Å²) in [6.07, 6.45) is 2.06. The molecule has 0 unspecified atom stereocenters. The highest BCUT2D eigenvalue weighted by Crippen LogP contribution is 2.32. The van der Waals surface area contributed by atoms with Crippen LogP contribution >= 0.6 is 11.6 Å². The highest BCUT2D eigenvalue weighted by Gasteiger charge is 2.23. The quantitative estimate of drug-likeness (QED) is 0.745. The molecule has 0 radical (unpaired) electrons. The molecule has 0 aromatic heterocycles. The van der Waals surface area contributed by atoms with E-state index in [9.17, 15) is 13.2 Å². The maximum absolute atomic E-state index is 12.9. The molecule has 2 heterocycles. The van der Waals surface area contributed by atoms with Crippen LogP contribution in [0.3, 0.4) is 0 Å². The molecular formula is C19H19ClN2O5S. The Morgan fingerprint density at radius 2 is 2.11 bits per heavy atom. The molecule has 0 spiro atoms. The fourth-order valence-corrected chi connectivity index (χ4v) is 4.53. The first-order chi connectivity index (χ1) is 13.4. The normalized spacial score (nSPS) is 18.6. The van der Waals surface area contributed by atoms with Gasteiger partial charge in [0.15, 0.2) is 0 Å². The lowest BCUT2D eigenvalue weighted by Gasteiger charge is -2.16. The average molecular weight is 423 g/mol. The van der Waals surface area contributed by atoms with Crippen molar-refractivity contribution in [2.75, 3.05) is 23.3 Å². The standard InChI is InChI=1S/C19H19ClN2O5S/c20-13-3-6-18(27-11-14-2-1-7-26-14)17(10-13)22-28(24,25)15-4-5-16-12(8-15)9-19(23)21-16/h3-6,8,10,14,22H,1-2,7,9,11H2,(H,21,23)/t14-/m1/s1. The van der Waals surface area contributed by atoms with E-state index in [1.807, 2.05) is 0 Å². The summed E-state index contributed by atoms with van der Waals surface area (Å²) < 4.78 is 39.6. The zero-order valence-electron chi connectivity index (χ0n) is 14.9. The fraction of sp³-hybridized carbons (Fsp3) is 0.316. The molecule has 2 aromatic carbocycles. The largest absolute Gasteiger partial charge is 0.489 e. The highest BCUT2D eigenvalue weighted by atomic mass is 35.5. The first kappa shape index (κ1) is 19.0. The van der Waals surface area contributed by atoms with Crippen LogP contribution in [-0.2, 0) is 26.0 Å². The Hall–Kier alpha value is -2.29. The molecule has 1 atom stereocenters. The Morgan fingerprint density at radius 3 is 2.89 bits per heavy atom. The summed E-state index contributed by atoms with van der Waals surface area (Å²) >= 11 is 6.05. The zero-order valence-corrected chi connectivity index (χ0v) is 16.5. The first-order valence-corrected chi connectivity index (χ1v) is 10.8. The van der Waals surface area contributed by atoms with Crippen LogP contribution in [0.15, 0.2) is 41.3 Å². The van der Waals surface area contributed by atoms with E-state index >= 15 is 0 Å². The molecule has 7 nitrogen and oxygen atoms in total. The van der Waals surface area contributed by atoms with Crippen LogP contribution in [0, 0.1) is 0 Å². The van der Waals surface area contributed by atoms with E-state index in [0.29, 0.717) is 35.2 Å². The lowest BCUT2D eigenvalue weighted by atomic mass is 10.2. The monoisotopic (exact) mass is 422 g/mol. The van der Waals surface area contributed by atoms with Gasteiger partial charge in [0, 0.05) is 17.3 Å². The van der Waals surface area contributed by atoms with Crippen molar-refractivity contribution in [3.63, 3.8) is 0 Å². The molecule has 2 aliphatic heterocycles. The highest BCUT2D eigenvalue weighted by molar-refractivity contribution is 7.92. The van der Waals surface area contributed by atoms with Gasteiger partial charge in [-0.05, 0) is 54.8 Å². The van der Waals surface area contributed by atoms with Crippen molar-refractivity contribution in [3.8, 4) is 5.75 Å². The number of ether oxygens (including phenoxy) is 2. The third-order valence-electron chi connectivity index (χ3n) is 4.65. The van der Waals surface area contributed by atoms with Gasteiger partial charge in [-0.2, -0.15) is 0 Å². The molecule has 1 fully saturated rings. The van der Waals surface area contributed by atoms with E-state index in [1.165, 1.54) is 18.2 Å². The van der Waals surface area contributed by atoms with Crippen molar-refractivity contribution in [1.29, 1.82) is 0 Å². The van der Waals surface area contributed by atoms with Crippen molar-refractivity contribution >= 4 is 38.9 Å². The van der Waals surface area contributed by atoms with Crippen molar-refractivity contribution in [3.05, 3.63) is 47.0 Å². The molecule has 148 valence electrons. The van der Waals surface area contributed by atoms with Gasteiger partial charge in [0.25, 0.3) is 10.0 Å². The lowest BCUT2D eigenvalue weighted by molar-refractivity contribution is -0.115. The maximum atomic E-state index is 12.9. The summed E-state index contributed by atoms with van der Waals surface area (Å²) in [7, 11) is -3.89. The zero-order chi connectivity index (χ0) is 19.7. The number of carbonyl (C=O) groups is 1. The van der Waals surface area contributed by atoms with Gasteiger partial charge < -0.3 is 14.8 Å². The number of hydrogen-bond donors (Lipinski definition) is 2. The van der Waals surface area contributed by atoms with Crippen molar-refractivity contribution in [2.24, 2.45) is 0 Å². The Labute approximate surface area is 168 Å². The molecule has 1 amide bonds. The molecule has 0 aliphatic carbocycles. The van der Waals surface area contributed by atoms with Gasteiger partial charge in [-0.3, -0.25) is 9.52 Å². The number of benzene rings is 2. The SMILES string of the molecule is O=C1Cc2cc(S(=O)(=O)Nc3cc(Cl)ccc3OC[C@H]3CCCO3)ccc2N1. The Balaban J connectivity index is 1.56. The minimum Gasteiger partial charge on any atom is -0.489 e. The fourth-order valence-electron chi connectivity index (χ4n) is 3.24. The second kappa shape index (κ2) is 7.62. The van der Waals surface area contributed by atoms with Gasteiger partial charge in [-0.15, -0.1) is 0 Å². The van der Waals surface area contributed by atoms with Gasteiger partial charge in [0.2, 0.25) is 5.91 Å². The second-order valence-electron chi connectivity index (χ2n) is 6.74. The maximum Gasteiger partial charge on any atom is 0.262 e. The minimum absolute atomic E-state index is 0.00174. The predicted molar refractivity (Wildman–Crippen MR) is 106 cm³/mol. The molecule has 28 heavy (non-hydrogen) atoms. The molecule has 9 heteroatoms. The smallest absolute Gasteiger partial charge is 0.262 e. The Bertz CT molecular complexity index is 1020. The molecule has 0 saturated carbocycles. The lowest BCUT2D eigenvalue weighted by Crippen LogP contribution is -2.18. The summed E-state index contributed by atoms with van der Waals surface area (Å²) in [5, 5.41) is 3.06. The number of nitrogens with one attached hydrogen (secondary N) is 2. The molecule has 1 saturated heterocycles. The number of rotatable bonds is 6. The number of halogens is 1. The van der Waals surface area contributed by atoms with Crippen LogP contribution in [0.2, 0.25) is 5.02 Å². The van der Waals surface area contributed by atoms with Gasteiger partial charge in [-0.25, -0.2) is 8.42 Å². The number of fused-ring (bicyclic) bond motifs is 1. The van der Waals surface area contributed by atoms with Crippen LogP contribution in [-0.4, -0.2) is 33.6 Å². The van der Waals surface area contributed by atoms with Crippen LogP contribution in [0.1, 0.15) is 18.4 Å². The van der Waals surface area contributed by atoms with Crippen LogP contribution in [0.25, 0.3) is 0 Å². The minimum atomic E-state index is -3.89. The van der Waals surface area contributed by atoms with Gasteiger partial charge >= 0.3 is 0 Å². The van der Waals surface area contributed by atoms with E-state index in [4.69, 9.17) is 21.1 Å². The topological polar surface area (TPSA) is 93.7 Å². The molecule has 2 aliphatic rings. The van der Waals surface area contributed by atoms with Crippen LogP contribution < -0.4 is 14.8 Å². The van der Waals surface area contributed by atoms with Gasteiger partial charge in [-0.1, -0.05) is 11.6 Å². The van der Waals surface area contributed by atoms with Crippen molar-refractivity contribution in [2.45, 2.75) is 30.3 Å². The van der Waals surface area contributed by atoms with Crippen molar-refractivity contribution in [1.82, 2.24) is 0 Å². The van der Waals surface area contributed by atoms with Crippen molar-refractivity contribution < 1.29 is 22.7 Å². The first-order valence-electron chi connectivity index (χ1n) is 8.90. The third kappa shape index (κ3) is 4.09. The summed E-state index contributed by atoms with van der Waals surface area (Å²) in [4.78, 5) is 11.6. The Morgan fingerprint density at radius 1 is 1.25 bits per heavy atom. The summed E-state index contributed by atoms with van der Waals surface area (Å²) in [6, 6.07) is 9.29. The Kier molecular flexibility index (Phi) is 5.18. The molecule has 2 aromatic rings. The number of anilines is 2. The molecule has 4 rings (SSSR count). The summed E-state index contributed by atoms with van der Waals surface area (Å²) in [5.74, 6) is 0.221. The number of carbonyl (C=O) groups excluding carboxylic acids is 1. The molecule has 0 bridgehead atoms. The van der Waals surface area contributed by atoms with Crippen LogP contribution in [0.5, 0.6) is 5.75 Å². The third-order valence-corrected chi connectivity index (χ3v) is 6.25. The predicted octanol–water partition coefficient (Wildman–Crippen LogP) is 3.19. The van der Waals surface area contributed by atoms with Gasteiger partial charge in [0.05, 0.1) is 23.1 Å².